The summed E-state index contributed by atoms with van der Waals surface area (Å²) in [6, 6.07) is 18.4. The molecule has 29 heavy (non-hydrogen) atoms. The molecule has 1 fully saturated rings. The van der Waals surface area contributed by atoms with E-state index >= 15 is 0 Å². The van der Waals surface area contributed by atoms with E-state index < -0.39 is 10.0 Å². The molecule has 2 aliphatic heterocycles. The van der Waals surface area contributed by atoms with E-state index in [4.69, 9.17) is 0 Å². The first-order chi connectivity index (χ1) is 14.0. The molecule has 148 valence electrons. The number of amides is 1. The van der Waals surface area contributed by atoms with Gasteiger partial charge in [0, 0.05) is 22.6 Å². The molecule has 0 saturated carbocycles. The van der Waals surface area contributed by atoms with E-state index in [1.54, 1.807) is 18.2 Å². The topological polar surface area (TPSA) is 66.5 Å². The molecule has 1 saturated heterocycles. The highest BCUT2D eigenvalue weighted by Crippen LogP contribution is 2.45. The van der Waals surface area contributed by atoms with Crippen molar-refractivity contribution in [1.82, 2.24) is 0 Å². The zero-order valence-corrected chi connectivity index (χ0v) is 17.8. The van der Waals surface area contributed by atoms with E-state index in [0.717, 1.165) is 16.9 Å². The summed E-state index contributed by atoms with van der Waals surface area (Å²) in [5.41, 5.74) is 2.41. The van der Waals surface area contributed by atoms with Crippen LogP contribution in [0.5, 0.6) is 0 Å². The number of sulfonamides is 1. The number of benzene rings is 3. The normalized spacial score (nSPS) is 17.7. The van der Waals surface area contributed by atoms with E-state index in [2.05, 4.69) is 11.4 Å². The number of nitrogens with one attached hydrogen (secondary N) is 1. The molecule has 2 aliphatic rings. The summed E-state index contributed by atoms with van der Waals surface area (Å²) in [5, 5.41) is 4.40. The Morgan fingerprint density at radius 2 is 1.76 bits per heavy atom. The molecule has 0 atom stereocenters. The van der Waals surface area contributed by atoms with Gasteiger partial charge in [-0.1, -0.05) is 36.4 Å². The molecule has 1 N–H and O–H groups in total. The summed E-state index contributed by atoms with van der Waals surface area (Å²) in [6.45, 7) is -0.257. The number of anilines is 2. The Morgan fingerprint density at radius 1 is 1.03 bits per heavy atom. The zero-order valence-electron chi connectivity index (χ0n) is 15.4. The van der Waals surface area contributed by atoms with Crippen molar-refractivity contribution < 1.29 is 13.2 Å². The zero-order chi connectivity index (χ0) is 20.0. The third kappa shape index (κ3) is 3.29. The van der Waals surface area contributed by atoms with Crippen LogP contribution >= 0.6 is 23.5 Å². The van der Waals surface area contributed by atoms with Crippen LogP contribution in [0.2, 0.25) is 0 Å². The van der Waals surface area contributed by atoms with Crippen molar-refractivity contribution in [3.63, 3.8) is 0 Å². The van der Waals surface area contributed by atoms with Crippen LogP contribution in [0.15, 0.2) is 65.6 Å². The fraction of sp³-hybridized carbons (Fsp3) is 0.190. The van der Waals surface area contributed by atoms with Crippen LogP contribution in [0.3, 0.4) is 0 Å². The third-order valence-corrected chi connectivity index (χ3v) is 9.94. The standard InChI is InChI=1S/C21H18N2O3S3/c24-19(22-16-7-1-6-15(12-16)21-27-10-11-28-21)13-23-17-8-2-4-14-5-3-9-18(20(14)17)29(23,25)26/h1-9,12,21H,10-11,13H2,(H,22,24). The number of carbonyl (C=O) groups is 1. The Kier molecular flexibility index (Phi) is 4.72. The van der Waals surface area contributed by atoms with Gasteiger partial charge in [-0.2, -0.15) is 0 Å². The number of carbonyl (C=O) groups excluding carboxylic acids is 1. The smallest absolute Gasteiger partial charge is 0.265 e. The van der Waals surface area contributed by atoms with E-state index in [0.29, 0.717) is 21.3 Å². The molecule has 0 aromatic heterocycles. The molecule has 3 aromatic carbocycles. The molecule has 0 unspecified atom stereocenters. The monoisotopic (exact) mass is 442 g/mol. The van der Waals surface area contributed by atoms with Gasteiger partial charge >= 0.3 is 0 Å². The first-order valence-electron chi connectivity index (χ1n) is 9.21. The first-order valence-corrected chi connectivity index (χ1v) is 12.8. The second-order valence-electron chi connectivity index (χ2n) is 6.89. The van der Waals surface area contributed by atoms with Gasteiger partial charge in [0.15, 0.2) is 0 Å². The quantitative estimate of drug-likeness (QED) is 0.646. The van der Waals surface area contributed by atoms with Crippen molar-refractivity contribution in [2.75, 3.05) is 27.7 Å². The summed E-state index contributed by atoms with van der Waals surface area (Å²) >= 11 is 3.80. The van der Waals surface area contributed by atoms with Gasteiger partial charge in [-0.05, 0) is 35.2 Å². The van der Waals surface area contributed by atoms with E-state index in [-0.39, 0.29) is 17.3 Å². The Bertz CT molecular complexity index is 1220. The van der Waals surface area contributed by atoms with Gasteiger partial charge in [-0.25, -0.2) is 8.42 Å². The molecule has 0 bridgehead atoms. The minimum atomic E-state index is -3.74. The fourth-order valence-electron chi connectivity index (χ4n) is 3.77. The molecule has 5 rings (SSSR count). The Balaban J connectivity index is 1.39. The van der Waals surface area contributed by atoms with Crippen molar-refractivity contribution in [1.29, 1.82) is 0 Å². The summed E-state index contributed by atoms with van der Waals surface area (Å²) in [7, 11) is -3.74. The maximum Gasteiger partial charge on any atom is 0.265 e. The lowest BCUT2D eigenvalue weighted by atomic mass is 10.1. The molecule has 0 aliphatic carbocycles. The van der Waals surface area contributed by atoms with Crippen LogP contribution in [0.25, 0.3) is 10.8 Å². The van der Waals surface area contributed by atoms with Crippen LogP contribution < -0.4 is 9.62 Å². The number of thioether (sulfide) groups is 2. The molecule has 8 heteroatoms. The number of hydrogen-bond donors (Lipinski definition) is 1. The highest BCUT2D eigenvalue weighted by Gasteiger charge is 2.36. The SMILES string of the molecule is O=C(CN1c2cccc3cccc(c23)S1(=O)=O)Nc1cccc(C2SCCS2)c1. The molecule has 2 heterocycles. The lowest BCUT2D eigenvalue weighted by molar-refractivity contribution is -0.114. The Hall–Kier alpha value is -2.16. The Labute approximate surface area is 177 Å². The second kappa shape index (κ2) is 7.27. The number of nitrogens with zero attached hydrogens (tertiary/aromatic N) is 1. The van der Waals surface area contributed by atoms with Gasteiger partial charge in [-0.3, -0.25) is 9.10 Å². The van der Waals surface area contributed by atoms with Crippen molar-refractivity contribution >= 4 is 61.6 Å². The second-order valence-corrected chi connectivity index (χ2v) is 11.4. The molecular weight excluding hydrogens is 424 g/mol. The van der Waals surface area contributed by atoms with Crippen molar-refractivity contribution in [2.45, 2.75) is 9.48 Å². The summed E-state index contributed by atoms with van der Waals surface area (Å²) in [4.78, 5) is 13.0. The van der Waals surface area contributed by atoms with Gasteiger partial charge < -0.3 is 5.32 Å². The highest BCUT2D eigenvalue weighted by molar-refractivity contribution is 8.19. The van der Waals surface area contributed by atoms with E-state index in [1.165, 1.54) is 9.87 Å². The van der Waals surface area contributed by atoms with Gasteiger partial charge in [0.2, 0.25) is 5.91 Å². The minimum Gasteiger partial charge on any atom is -0.325 e. The molecule has 3 aromatic rings. The predicted octanol–water partition coefficient (Wildman–Crippen LogP) is 4.47. The van der Waals surface area contributed by atoms with E-state index in [1.807, 2.05) is 59.9 Å². The largest absolute Gasteiger partial charge is 0.325 e. The van der Waals surface area contributed by atoms with Crippen LogP contribution in [-0.4, -0.2) is 32.4 Å². The van der Waals surface area contributed by atoms with Crippen LogP contribution in [-0.2, 0) is 14.8 Å². The highest BCUT2D eigenvalue weighted by atomic mass is 32.2. The van der Waals surface area contributed by atoms with Crippen molar-refractivity contribution in [3.8, 4) is 0 Å². The van der Waals surface area contributed by atoms with Crippen LogP contribution in [0.4, 0.5) is 11.4 Å². The fourth-order valence-corrected chi connectivity index (χ4v) is 8.28. The third-order valence-electron chi connectivity index (χ3n) is 5.03. The minimum absolute atomic E-state index is 0.257. The average Bonchev–Trinajstić information content (AvgIpc) is 3.32. The molecule has 0 radical (unpaired) electrons. The molecule has 1 amide bonds. The molecular formula is C21H18N2O3S3. The van der Waals surface area contributed by atoms with Crippen LogP contribution in [0.1, 0.15) is 10.1 Å². The molecule has 0 spiro atoms. The van der Waals surface area contributed by atoms with Crippen LogP contribution in [0, 0.1) is 0 Å². The average molecular weight is 443 g/mol. The maximum absolute atomic E-state index is 13.0. The number of hydrogen-bond acceptors (Lipinski definition) is 5. The lowest BCUT2D eigenvalue weighted by Gasteiger charge is -2.18. The van der Waals surface area contributed by atoms with Crippen molar-refractivity contribution in [2.24, 2.45) is 0 Å². The lowest BCUT2D eigenvalue weighted by Crippen LogP contribution is -2.35. The summed E-state index contributed by atoms with van der Waals surface area (Å²) in [6.07, 6.45) is 0. The van der Waals surface area contributed by atoms with Gasteiger partial charge in [0.25, 0.3) is 10.0 Å². The van der Waals surface area contributed by atoms with Gasteiger partial charge in [-0.15, -0.1) is 23.5 Å². The van der Waals surface area contributed by atoms with Gasteiger partial charge in [0.1, 0.15) is 6.54 Å². The molecule has 5 nitrogen and oxygen atoms in total. The maximum atomic E-state index is 13.0. The van der Waals surface area contributed by atoms with Gasteiger partial charge in [0.05, 0.1) is 15.2 Å². The Morgan fingerprint density at radius 3 is 2.55 bits per heavy atom. The first kappa shape index (κ1) is 18.8. The summed E-state index contributed by atoms with van der Waals surface area (Å²) < 4.78 is 27.6. The summed E-state index contributed by atoms with van der Waals surface area (Å²) in [5.74, 6) is 1.90. The predicted molar refractivity (Wildman–Crippen MR) is 121 cm³/mol. The van der Waals surface area contributed by atoms with Crippen molar-refractivity contribution in [3.05, 3.63) is 66.2 Å². The number of rotatable bonds is 4. The van der Waals surface area contributed by atoms with E-state index in [9.17, 15) is 13.2 Å².